The summed E-state index contributed by atoms with van der Waals surface area (Å²) in [5.74, 6) is -0.528. The van der Waals surface area contributed by atoms with Gasteiger partial charge >= 0.3 is 0 Å². The monoisotopic (exact) mass is 287 g/mol. The zero-order chi connectivity index (χ0) is 15.2. The second-order valence-electron chi connectivity index (χ2n) is 4.24. The summed E-state index contributed by atoms with van der Waals surface area (Å²) in [5, 5.41) is 13.3. The molecular weight excluding hydrogens is 274 g/mol. The lowest BCUT2D eigenvalue weighted by Crippen LogP contribution is -2.26. The normalized spacial score (nSPS) is 10.1. The maximum atomic E-state index is 12.0. The maximum absolute atomic E-state index is 12.0. The molecule has 0 aliphatic carbocycles. The van der Waals surface area contributed by atoms with Crippen molar-refractivity contribution in [2.45, 2.75) is 6.42 Å². The van der Waals surface area contributed by atoms with E-state index in [1.54, 1.807) is 12.4 Å². The van der Waals surface area contributed by atoms with E-state index >= 15 is 0 Å². The van der Waals surface area contributed by atoms with Crippen LogP contribution in [0.1, 0.15) is 15.9 Å². The quantitative estimate of drug-likeness (QED) is 0.623. The van der Waals surface area contributed by atoms with Crippen LogP contribution >= 0.6 is 0 Å². The van der Waals surface area contributed by atoms with E-state index in [4.69, 9.17) is 5.73 Å². The number of aromatic nitrogens is 2. The number of nitrogens with one attached hydrogen (secondary N) is 1. The van der Waals surface area contributed by atoms with Crippen molar-refractivity contribution >= 4 is 17.4 Å². The van der Waals surface area contributed by atoms with Crippen LogP contribution in [0.3, 0.4) is 0 Å². The predicted octanol–water partition coefficient (Wildman–Crippen LogP) is 0.939. The lowest BCUT2D eigenvalue weighted by molar-refractivity contribution is -0.385. The smallest absolute Gasteiger partial charge is 0.288 e. The van der Waals surface area contributed by atoms with Crippen molar-refractivity contribution in [3.05, 3.63) is 58.0 Å². The molecule has 0 saturated carbocycles. The molecule has 0 aliphatic rings. The van der Waals surface area contributed by atoms with E-state index in [9.17, 15) is 14.9 Å². The number of pyridine rings is 2. The fourth-order valence-corrected chi connectivity index (χ4v) is 1.71. The first-order valence-corrected chi connectivity index (χ1v) is 6.15. The van der Waals surface area contributed by atoms with Gasteiger partial charge in [-0.15, -0.1) is 0 Å². The fraction of sp³-hybridized carbons (Fsp3) is 0.154. The lowest BCUT2D eigenvalue weighted by Gasteiger charge is -2.06. The van der Waals surface area contributed by atoms with Gasteiger partial charge in [-0.2, -0.15) is 0 Å². The van der Waals surface area contributed by atoms with Crippen molar-refractivity contribution < 1.29 is 9.72 Å². The van der Waals surface area contributed by atoms with Gasteiger partial charge in [0.1, 0.15) is 12.0 Å². The first-order valence-electron chi connectivity index (χ1n) is 6.15. The first-order chi connectivity index (χ1) is 10.1. The minimum Gasteiger partial charge on any atom is -0.383 e. The molecule has 0 saturated heterocycles. The molecule has 0 radical (unpaired) electrons. The average molecular weight is 287 g/mol. The van der Waals surface area contributed by atoms with E-state index in [0.29, 0.717) is 13.0 Å². The van der Waals surface area contributed by atoms with Crippen molar-refractivity contribution in [3.63, 3.8) is 0 Å². The van der Waals surface area contributed by atoms with Gasteiger partial charge in [-0.1, -0.05) is 0 Å². The standard InChI is InChI=1S/C13H13N5O3/c14-12-11(7-10(8-17-12)18(20)21)13(19)16-6-3-9-1-4-15-5-2-9/h1-2,4-5,7-8H,3,6H2,(H2,14,17)(H,16,19). The zero-order valence-corrected chi connectivity index (χ0v) is 11.0. The molecule has 0 aliphatic heterocycles. The molecule has 0 fully saturated rings. The molecule has 8 heteroatoms. The van der Waals surface area contributed by atoms with Gasteiger partial charge in [0.15, 0.2) is 0 Å². The van der Waals surface area contributed by atoms with Gasteiger partial charge in [0, 0.05) is 25.0 Å². The second-order valence-corrected chi connectivity index (χ2v) is 4.24. The highest BCUT2D eigenvalue weighted by Crippen LogP contribution is 2.16. The van der Waals surface area contributed by atoms with Crippen LogP contribution in [0.15, 0.2) is 36.8 Å². The van der Waals surface area contributed by atoms with Crippen LogP contribution in [0.2, 0.25) is 0 Å². The Hall–Kier alpha value is -3.03. The number of anilines is 1. The zero-order valence-electron chi connectivity index (χ0n) is 11.0. The van der Waals surface area contributed by atoms with E-state index in [2.05, 4.69) is 15.3 Å². The summed E-state index contributed by atoms with van der Waals surface area (Å²) in [7, 11) is 0. The minimum atomic E-state index is -0.625. The number of hydrogen-bond acceptors (Lipinski definition) is 6. The Balaban J connectivity index is 2.00. The van der Waals surface area contributed by atoms with Crippen molar-refractivity contribution in [1.82, 2.24) is 15.3 Å². The number of nitrogens with zero attached hydrogens (tertiary/aromatic N) is 3. The number of nitrogens with two attached hydrogens (primary N) is 1. The van der Waals surface area contributed by atoms with Crippen molar-refractivity contribution in [1.29, 1.82) is 0 Å². The van der Waals surface area contributed by atoms with Crippen LogP contribution in [0.25, 0.3) is 0 Å². The SMILES string of the molecule is Nc1ncc([N+](=O)[O-])cc1C(=O)NCCc1ccncc1. The summed E-state index contributed by atoms with van der Waals surface area (Å²) < 4.78 is 0. The molecule has 3 N–H and O–H groups in total. The molecule has 0 aromatic carbocycles. The highest BCUT2D eigenvalue weighted by molar-refractivity contribution is 5.98. The Labute approximate surface area is 120 Å². The number of carbonyl (C=O) groups excluding carboxylic acids is 1. The van der Waals surface area contributed by atoms with E-state index in [1.165, 1.54) is 0 Å². The minimum absolute atomic E-state index is 0.000992. The second kappa shape index (κ2) is 6.42. The Kier molecular flexibility index (Phi) is 4.39. The van der Waals surface area contributed by atoms with Gasteiger partial charge in [-0.3, -0.25) is 19.9 Å². The molecule has 8 nitrogen and oxygen atoms in total. The summed E-state index contributed by atoms with van der Waals surface area (Å²) >= 11 is 0. The highest BCUT2D eigenvalue weighted by Gasteiger charge is 2.16. The molecule has 2 heterocycles. The molecule has 0 bridgehead atoms. The fourth-order valence-electron chi connectivity index (χ4n) is 1.71. The van der Waals surface area contributed by atoms with Crippen LogP contribution in [0, 0.1) is 10.1 Å². The summed E-state index contributed by atoms with van der Waals surface area (Å²) in [4.78, 5) is 29.6. The van der Waals surface area contributed by atoms with Gasteiger partial charge in [0.25, 0.3) is 11.6 Å². The largest absolute Gasteiger partial charge is 0.383 e. The van der Waals surface area contributed by atoms with Crippen molar-refractivity contribution in [3.8, 4) is 0 Å². The van der Waals surface area contributed by atoms with E-state index in [0.717, 1.165) is 17.8 Å². The van der Waals surface area contributed by atoms with E-state index < -0.39 is 10.8 Å². The van der Waals surface area contributed by atoms with Gasteiger partial charge in [-0.05, 0) is 24.1 Å². The Morgan fingerprint density at radius 3 is 2.76 bits per heavy atom. The molecule has 2 aromatic rings. The number of nitrogen functional groups attached to an aromatic ring is 1. The third-order valence-corrected chi connectivity index (χ3v) is 2.81. The van der Waals surface area contributed by atoms with E-state index in [-0.39, 0.29) is 17.1 Å². The number of amides is 1. The van der Waals surface area contributed by atoms with Crippen LogP contribution < -0.4 is 11.1 Å². The number of rotatable bonds is 5. The number of carbonyl (C=O) groups is 1. The Morgan fingerprint density at radius 1 is 1.38 bits per heavy atom. The molecule has 0 atom stereocenters. The predicted molar refractivity (Wildman–Crippen MR) is 75.6 cm³/mol. The third kappa shape index (κ3) is 3.72. The molecule has 21 heavy (non-hydrogen) atoms. The molecular formula is C13H13N5O3. The van der Waals surface area contributed by atoms with E-state index in [1.807, 2.05) is 12.1 Å². The summed E-state index contributed by atoms with van der Waals surface area (Å²) in [5.41, 5.74) is 6.32. The summed E-state index contributed by atoms with van der Waals surface area (Å²) in [6.07, 6.45) is 4.97. The molecule has 0 spiro atoms. The van der Waals surface area contributed by atoms with Gasteiger partial charge in [0.05, 0.1) is 10.5 Å². The molecule has 1 amide bonds. The summed E-state index contributed by atoms with van der Waals surface area (Å²) in [6, 6.07) is 4.80. The maximum Gasteiger partial charge on any atom is 0.288 e. The average Bonchev–Trinajstić information content (AvgIpc) is 2.48. The van der Waals surface area contributed by atoms with Crippen molar-refractivity contribution in [2.75, 3.05) is 12.3 Å². The third-order valence-electron chi connectivity index (χ3n) is 2.81. The first kappa shape index (κ1) is 14.4. The summed E-state index contributed by atoms with van der Waals surface area (Å²) in [6.45, 7) is 0.380. The van der Waals surface area contributed by atoms with Crippen LogP contribution in [0.4, 0.5) is 11.5 Å². The van der Waals surface area contributed by atoms with Crippen LogP contribution in [-0.2, 0) is 6.42 Å². The van der Waals surface area contributed by atoms with Crippen molar-refractivity contribution in [2.24, 2.45) is 0 Å². The molecule has 2 rings (SSSR count). The Bertz CT molecular complexity index is 660. The van der Waals surface area contributed by atoms with Crippen LogP contribution in [-0.4, -0.2) is 27.3 Å². The van der Waals surface area contributed by atoms with Gasteiger partial charge < -0.3 is 11.1 Å². The highest BCUT2D eigenvalue weighted by atomic mass is 16.6. The Morgan fingerprint density at radius 2 is 2.10 bits per heavy atom. The topological polar surface area (TPSA) is 124 Å². The molecule has 0 unspecified atom stereocenters. The van der Waals surface area contributed by atoms with Gasteiger partial charge in [0.2, 0.25) is 0 Å². The lowest BCUT2D eigenvalue weighted by atomic mass is 10.2. The number of nitro groups is 1. The number of hydrogen-bond donors (Lipinski definition) is 2. The molecule has 2 aromatic heterocycles. The van der Waals surface area contributed by atoms with Gasteiger partial charge in [-0.25, -0.2) is 4.98 Å². The molecule has 108 valence electrons. The van der Waals surface area contributed by atoms with Crippen LogP contribution in [0.5, 0.6) is 0 Å².